The van der Waals surface area contributed by atoms with Crippen LogP contribution < -0.4 is 11.1 Å². The van der Waals surface area contributed by atoms with E-state index in [-0.39, 0.29) is 0 Å². The summed E-state index contributed by atoms with van der Waals surface area (Å²) in [5, 5.41) is 7.24. The quantitative estimate of drug-likeness (QED) is 0.497. The van der Waals surface area contributed by atoms with Gasteiger partial charge in [-0.3, -0.25) is 9.67 Å². The van der Waals surface area contributed by atoms with E-state index in [9.17, 15) is 0 Å². The average Bonchev–Trinajstić information content (AvgIpc) is 2.80. The molecule has 0 bridgehead atoms. The first-order chi connectivity index (χ1) is 9.63. The van der Waals surface area contributed by atoms with Gasteiger partial charge in [0.25, 0.3) is 0 Å². The maximum Gasteiger partial charge on any atom is 0.193 e. The maximum absolute atomic E-state index is 5.86. The molecule has 0 unspecified atom stereocenters. The maximum atomic E-state index is 5.86. The standard InChI is InChI=1S/C15H21N5/c1-12-5-3-7-14(9-12)19-15(16)17-8-4-6-13-10-18-20(2)11-13/h3,5,7,9-11H,4,6,8H2,1-2H3,(H3,16,17,19). The van der Waals surface area contributed by atoms with Crippen molar-refractivity contribution in [1.29, 1.82) is 0 Å². The Hall–Kier alpha value is -2.30. The van der Waals surface area contributed by atoms with E-state index in [4.69, 9.17) is 5.73 Å². The van der Waals surface area contributed by atoms with Crippen LogP contribution in [0.3, 0.4) is 0 Å². The summed E-state index contributed by atoms with van der Waals surface area (Å²) >= 11 is 0. The van der Waals surface area contributed by atoms with Gasteiger partial charge in [-0.25, -0.2) is 0 Å². The number of nitrogens with one attached hydrogen (secondary N) is 1. The molecule has 5 nitrogen and oxygen atoms in total. The van der Waals surface area contributed by atoms with Crippen molar-refractivity contribution in [3.63, 3.8) is 0 Å². The molecule has 2 aromatic rings. The van der Waals surface area contributed by atoms with E-state index in [1.54, 1.807) is 0 Å². The van der Waals surface area contributed by atoms with Crippen molar-refractivity contribution in [1.82, 2.24) is 9.78 Å². The molecule has 0 spiro atoms. The second-order valence-electron chi connectivity index (χ2n) is 4.89. The van der Waals surface area contributed by atoms with Crippen LogP contribution in [-0.2, 0) is 13.5 Å². The monoisotopic (exact) mass is 271 g/mol. The van der Waals surface area contributed by atoms with Gasteiger partial charge in [-0.1, -0.05) is 12.1 Å². The van der Waals surface area contributed by atoms with Crippen molar-refractivity contribution in [2.75, 3.05) is 11.9 Å². The lowest BCUT2D eigenvalue weighted by molar-refractivity contribution is 0.765. The Labute approximate surface area is 119 Å². The first kappa shape index (κ1) is 14.1. The van der Waals surface area contributed by atoms with Gasteiger partial charge in [0.2, 0.25) is 0 Å². The predicted molar refractivity (Wildman–Crippen MR) is 82.8 cm³/mol. The van der Waals surface area contributed by atoms with Crippen molar-refractivity contribution in [3.8, 4) is 0 Å². The summed E-state index contributed by atoms with van der Waals surface area (Å²) in [5.74, 6) is 0.460. The number of hydrogen-bond acceptors (Lipinski definition) is 2. The predicted octanol–water partition coefficient (Wildman–Crippen LogP) is 2.09. The molecular formula is C15H21N5. The lowest BCUT2D eigenvalue weighted by atomic mass is 10.2. The van der Waals surface area contributed by atoms with Crippen LogP contribution in [0.4, 0.5) is 5.69 Å². The zero-order valence-corrected chi connectivity index (χ0v) is 12.0. The highest BCUT2D eigenvalue weighted by Gasteiger charge is 1.97. The van der Waals surface area contributed by atoms with Gasteiger partial charge in [0.15, 0.2) is 5.96 Å². The number of guanidine groups is 1. The molecule has 0 saturated carbocycles. The first-order valence-corrected chi connectivity index (χ1v) is 6.74. The number of rotatable bonds is 5. The highest BCUT2D eigenvalue weighted by atomic mass is 15.2. The van der Waals surface area contributed by atoms with E-state index in [0.717, 1.165) is 18.5 Å². The minimum Gasteiger partial charge on any atom is -0.370 e. The summed E-state index contributed by atoms with van der Waals surface area (Å²) in [5.41, 5.74) is 9.26. The van der Waals surface area contributed by atoms with E-state index in [0.29, 0.717) is 12.5 Å². The fraction of sp³-hybridized carbons (Fsp3) is 0.333. The molecule has 1 aromatic carbocycles. The zero-order chi connectivity index (χ0) is 14.4. The number of aromatic nitrogens is 2. The van der Waals surface area contributed by atoms with Gasteiger partial charge in [-0.2, -0.15) is 5.10 Å². The van der Waals surface area contributed by atoms with Gasteiger partial charge in [-0.05, 0) is 43.0 Å². The largest absolute Gasteiger partial charge is 0.370 e. The lowest BCUT2D eigenvalue weighted by Gasteiger charge is -2.06. The van der Waals surface area contributed by atoms with Gasteiger partial charge in [0.1, 0.15) is 0 Å². The Morgan fingerprint density at radius 1 is 1.45 bits per heavy atom. The molecule has 0 aliphatic carbocycles. The number of nitrogens with two attached hydrogens (primary N) is 1. The molecule has 0 aliphatic heterocycles. The van der Waals surface area contributed by atoms with Crippen LogP contribution in [0.2, 0.25) is 0 Å². The molecule has 0 saturated heterocycles. The molecule has 0 atom stereocenters. The van der Waals surface area contributed by atoms with Crippen LogP contribution in [0.5, 0.6) is 0 Å². The summed E-state index contributed by atoms with van der Waals surface area (Å²) < 4.78 is 1.81. The second-order valence-corrected chi connectivity index (χ2v) is 4.89. The van der Waals surface area contributed by atoms with E-state index in [1.165, 1.54) is 11.1 Å². The molecule has 20 heavy (non-hydrogen) atoms. The Morgan fingerprint density at radius 3 is 3.00 bits per heavy atom. The Balaban J connectivity index is 1.76. The van der Waals surface area contributed by atoms with Crippen molar-refractivity contribution in [3.05, 3.63) is 47.8 Å². The fourth-order valence-electron chi connectivity index (χ4n) is 1.99. The topological polar surface area (TPSA) is 68.2 Å². The highest BCUT2D eigenvalue weighted by molar-refractivity contribution is 5.92. The number of anilines is 1. The Morgan fingerprint density at radius 2 is 2.30 bits per heavy atom. The van der Waals surface area contributed by atoms with Gasteiger partial charge >= 0.3 is 0 Å². The minimum absolute atomic E-state index is 0.460. The lowest BCUT2D eigenvalue weighted by Crippen LogP contribution is -2.22. The van der Waals surface area contributed by atoms with Crippen molar-refractivity contribution in [2.24, 2.45) is 17.8 Å². The number of aryl methyl sites for hydroxylation is 3. The molecule has 0 radical (unpaired) electrons. The summed E-state index contributed by atoms with van der Waals surface area (Å²) in [6, 6.07) is 8.06. The number of hydrogen-bond donors (Lipinski definition) is 2. The molecule has 0 amide bonds. The molecule has 2 rings (SSSR count). The molecule has 1 aromatic heterocycles. The molecule has 5 heteroatoms. The van der Waals surface area contributed by atoms with Crippen LogP contribution >= 0.6 is 0 Å². The first-order valence-electron chi connectivity index (χ1n) is 6.74. The third-order valence-corrected chi connectivity index (χ3v) is 2.95. The van der Waals surface area contributed by atoms with Crippen molar-refractivity contribution < 1.29 is 0 Å². The van der Waals surface area contributed by atoms with E-state index >= 15 is 0 Å². The second kappa shape index (κ2) is 6.75. The van der Waals surface area contributed by atoms with Gasteiger partial charge in [0.05, 0.1) is 6.20 Å². The number of nitrogens with zero attached hydrogens (tertiary/aromatic N) is 3. The smallest absolute Gasteiger partial charge is 0.193 e. The Kier molecular flexibility index (Phi) is 4.76. The van der Waals surface area contributed by atoms with Crippen LogP contribution in [0, 0.1) is 6.92 Å². The molecular weight excluding hydrogens is 250 g/mol. The molecule has 106 valence electrons. The third kappa shape index (κ3) is 4.42. The van der Waals surface area contributed by atoms with Crippen LogP contribution in [0.15, 0.2) is 41.7 Å². The average molecular weight is 271 g/mol. The van der Waals surface area contributed by atoms with E-state index in [1.807, 2.05) is 55.3 Å². The Bertz CT molecular complexity index is 585. The summed E-state index contributed by atoms with van der Waals surface area (Å²) in [4.78, 5) is 4.33. The van der Waals surface area contributed by atoms with E-state index < -0.39 is 0 Å². The van der Waals surface area contributed by atoms with Crippen LogP contribution in [-0.4, -0.2) is 22.3 Å². The van der Waals surface area contributed by atoms with Gasteiger partial charge in [-0.15, -0.1) is 0 Å². The van der Waals surface area contributed by atoms with Crippen molar-refractivity contribution >= 4 is 11.6 Å². The summed E-state index contributed by atoms with van der Waals surface area (Å²) in [6.07, 6.45) is 5.84. The molecule has 3 N–H and O–H groups in total. The molecule has 1 heterocycles. The molecule has 0 fully saturated rings. The highest BCUT2D eigenvalue weighted by Crippen LogP contribution is 2.08. The van der Waals surface area contributed by atoms with E-state index in [2.05, 4.69) is 15.4 Å². The normalized spacial score (nSPS) is 11.6. The fourth-order valence-corrected chi connectivity index (χ4v) is 1.99. The summed E-state index contributed by atoms with van der Waals surface area (Å²) in [7, 11) is 1.92. The van der Waals surface area contributed by atoms with Crippen LogP contribution in [0.25, 0.3) is 0 Å². The zero-order valence-electron chi connectivity index (χ0n) is 12.0. The van der Waals surface area contributed by atoms with Crippen molar-refractivity contribution in [2.45, 2.75) is 19.8 Å². The minimum atomic E-state index is 0.460. The summed E-state index contributed by atoms with van der Waals surface area (Å²) in [6.45, 7) is 2.76. The van der Waals surface area contributed by atoms with Gasteiger partial charge in [0, 0.05) is 25.5 Å². The third-order valence-electron chi connectivity index (χ3n) is 2.95. The molecule has 0 aliphatic rings. The number of aliphatic imine (C=N–C) groups is 1. The van der Waals surface area contributed by atoms with Gasteiger partial charge < -0.3 is 11.1 Å². The van der Waals surface area contributed by atoms with Crippen LogP contribution in [0.1, 0.15) is 17.5 Å². The number of benzene rings is 1. The SMILES string of the molecule is Cc1cccc(NC(N)=NCCCc2cnn(C)c2)c1.